The number of nitrogens with one attached hydrogen (secondary N) is 2. The number of nitrogens with zero attached hydrogens (tertiary/aromatic N) is 1. The number of ether oxygens (including phenoxy) is 1. The van der Waals surface area contributed by atoms with Gasteiger partial charge in [-0.05, 0) is 49.5 Å². The Morgan fingerprint density at radius 2 is 1.90 bits per heavy atom. The summed E-state index contributed by atoms with van der Waals surface area (Å²) in [5, 5.41) is 7.01. The molecule has 7 nitrogen and oxygen atoms in total. The Labute approximate surface area is 176 Å². The number of thiophene rings is 1. The van der Waals surface area contributed by atoms with Crippen molar-refractivity contribution in [2.75, 3.05) is 34.3 Å². The van der Waals surface area contributed by atoms with Gasteiger partial charge >= 0.3 is 0 Å². The molecule has 0 bridgehead atoms. The standard InChI is InChI=1S/C20H27N3O4S2/c1-23(2)29(25,26)19(22-18(24)15-7-4-5-8-16(15)27-3)20(10-12-21-13-11-20)17-9-6-14-28-17/h4-9,14,19,21H,10-13H2,1-3H3,(H,22,24). The zero-order chi connectivity index (χ0) is 21.1. The fraction of sp³-hybridized carbons (Fsp3) is 0.450. The molecule has 1 aromatic heterocycles. The highest BCUT2D eigenvalue weighted by Crippen LogP contribution is 2.42. The van der Waals surface area contributed by atoms with Crippen molar-refractivity contribution in [2.45, 2.75) is 23.6 Å². The lowest BCUT2D eigenvalue weighted by atomic mass is 9.77. The molecule has 2 N–H and O–H groups in total. The van der Waals surface area contributed by atoms with Crippen molar-refractivity contribution in [3.63, 3.8) is 0 Å². The van der Waals surface area contributed by atoms with Crippen LogP contribution in [-0.4, -0.2) is 58.3 Å². The summed E-state index contributed by atoms with van der Waals surface area (Å²) in [4.78, 5) is 14.1. The van der Waals surface area contributed by atoms with Crippen LogP contribution in [0.25, 0.3) is 0 Å². The van der Waals surface area contributed by atoms with Gasteiger partial charge in [-0.1, -0.05) is 18.2 Å². The average molecular weight is 438 g/mol. The molecule has 2 heterocycles. The Bertz CT molecular complexity index is 936. The monoisotopic (exact) mass is 437 g/mol. The molecule has 9 heteroatoms. The molecule has 1 fully saturated rings. The highest BCUT2D eigenvalue weighted by atomic mass is 32.2. The molecular weight excluding hydrogens is 410 g/mol. The normalized spacial score (nSPS) is 17.7. The molecule has 0 spiro atoms. The molecular formula is C20H27N3O4S2. The first-order valence-electron chi connectivity index (χ1n) is 9.43. The summed E-state index contributed by atoms with van der Waals surface area (Å²) in [6.45, 7) is 1.36. The molecule has 3 rings (SSSR count). The SMILES string of the molecule is COc1ccccc1C(=O)NC(C1(c2cccs2)CCNCC1)S(=O)(=O)N(C)C. The summed E-state index contributed by atoms with van der Waals surface area (Å²) < 4.78 is 33.3. The van der Waals surface area contributed by atoms with Crippen LogP contribution in [0.2, 0.25) is 0 Å². The summed E-state index contributed by atoms with van der Waals surface area (Å²) in [7, 11) is 0.682. The lowest BCUT2D eigenvalue weighted by molar-refractivity contribution is 0.0921. The molecule has 1 saturated heterocycles. The number of benzene rings is 1. The summed E-state index contributed by atoms with van der Waals surface area (Å²) in [5.74, 6) is -0.0613. The molecule has 0 saturated carbocycles. The van der Waals surface area contributed by atoms with E-state index in [0.717, 1.165) is 4.88 Å². The number of piperidine rings is 1. The van der Waals surface area contributed by atoms with E-state index in [9.17, 15) is 13.2 Å². The van der Waals surface area contributed by atoms with Gasteiger partial charge in [0.1, 0.15) is 5.75 Å². The highest BCUT2D eigenvalue weighted by molar-refractivity contribution is 7.89. The Morgan fingerprint density at radius 3 is 2.48 bits per heavy atom. The van der Waals surface area contributed by atoms with Crippen molar-refractivity contribution in [1.82, 2.24) is 14.9 Å². The van der Waals surface area contributed by atoms with Gasteiger partial charge in [-0.25, -0.2) is 12.7 Å². The Kier molecular flexibility index (Phi) is 6.62. The number of para-hydroxylation sites is 1. The van der Waals surface area contributed by atoms with E-state index in [4.69, 9.17) is 4.74 Å². The van der Waals surface area contributed by atoms with Crippen LogP contribution >= 0.6 is 11.3 Å². The minimum Gasteiger partial charge on any atom is -0.496 e. The number of amides is 1. The van der Waals surface area contributed by atoms with Crippen LogP contribution in [-0.2, 0) is 15.4 Å². The molecule has 158 valence electrons. The van der Waals surface area contributed by atoms with E-state index in [1.165, 1.54) is 36.8 Å². The highest BCUT2D eigenvalue weighted by Gasteiger charge is 2.50. The van der Waals surface area contributed by atoms with Crippen LogP contribution in [0.5, 0.6) is 5.75 Å². The first-order valence-corrected chi connectivity index (χ1v) is 11.8. The van der Waals surface area contributed by atoms with Crippen molar-refractivity contribution in [2.24, 2.45) is 0 Å². The summed E-state index contributed by atoms with van der Waals surface area (Å²) in [5.41, 5.74) is -0.399. The molecule has 29 heavy (non-hydrogen) atoms. The van der Waals surface area contributed by atoms with Gasteiger partial charge in [0.05, 0.1) is 12.7 Å². The van der Waals surface area contributed by atoms with Crippen molar-refractivity contribution < 1.29 is 17.9 Å². The Hall–Kier alpha value is -1.94. The zero-order valence-corrected chi connectivity index (χ0v) is 18.5. The van der Waals surface area contributed by atoms with Crippen molar-refractivity contribution in [1.29, 1.82) is 0 Å². The molecule has 1 aliphatic heterocycles. The fourth-order valence-electron chi connectivity index (χ4n) is 3.81. The van der Waals surface area contributed by atoms with Gasteiger partial charge in [0, 0.05) is 24.4 Å². The third-order valence-corrected chi connectivity index (χ3v) is 8.70. The quantitative estimate of drug-likeness (QED) is 0.692. The molecule has 1 amide bonds. The lowest BCUT2D eigenvalue weighted by Crippen LogP contribution is -2.60. The van der Waals surface area contributed by atoms with Crippen molar-refractivity contribution in [3.05, 3.63) is 52.2 Å². The van der Waals surface area contributed by atoms with Gasteiger partial charge in [0.2, 0.25) is 10.0 Å². The molecule has 1 aliphatic rings. The molecule has 1 atom stereocenters. The lowest BCUT2D eigenvalue weighted by Gasteiger charge is -2.43. The van der Waals surface area contributed by atoms with Gasteiger partial charge in [-0.3, -0.25) is 4.79 Å². The van der Waals surface area contributed by atoms with Crippen molar-refractivity contribution >= 4 is 27.3 Å². The summed E-state index contributed by atoms with van der Waals surface area (Å²) in [6, 6.07) is 10.7. The van der Waals surface area contributed by atoms with E-state index in [1.807, 2.05) is 17.5 Å². The topological polar surface area (TPSA) is 87.7 Å². The van der Waals surface area contributed by atoms with E-state index >= 15 is 0 Å². The first-order chi connectivity index (χ1) is 13.8. The second-order valence-corrected chi connectivity index (χ2v) is 10.4. The number of hydrogen-bond donors (Lipinski definition) is 2. The predicted molar refractivity (Wildman–Crippen MR) is 115 cm³/mol. The van der Waals surface area contributed by atoms with E-state index < -0.39 is 26.7 Å². The van der Waals surface area contributed by atoms with Crippen LogP contribution in [0.15, 0.2) is 41.8 Å². The fourth-order valence-corrected chi connectivity index (χ4v) is 6.51. The maximum Gasteiger partial charge on any atom is 0.256 e. The van der Waals surface area contributed by atoms with E-state index in [-0.39, 0.29) is 0 Å². The van der Waals surface area contributed by atoms with Crippen molar-refractivity contribution in [3.8, 4) is 5.75 Å². The van der Waals surface area contributed by atoms with Crippen LogP contribution in [0.4, 0.5) is 0 Å². The van der Waals surface area contributed by atoms with E-state index in [0.29, 0.717) is 37.2 Å². The van der Waals surface area contributed by atoms with E-state index in [2.05, 4.69) is 10.6 Å². The summed E-state index contributed by atoms with van der Waals surface area (Å²) >= 11 is 1.53. The average Bonchev–Trinajstić information content (AvgIpc) is 3.27. The van der Waals surface area contributed by atoms with E-state index in [1.54, 1.807) is 24.3 Å². The second-order valence-electron chi connectivity index (χ2n) is 7.26. The minimum absolute atomic E-state index is 0.309. The molecule has 2 aromatic rings. The predicted octanol–water partition coefficient (Wildman–Crippen LogP) is 2.03. The maximum absolute atomic E-state index is 13.4. The molecule has 0 radical (unpaired) electrons. The van der Waals surface area contributed by atoms with Crippen LogP contribution < -0.4 is 15.4 Å². The number of methoxy groups -OCH3 is 1. The van der Waals surface area contributed by atoms with Gasteiger partial charge < -0.3 is 15.4 Å². The largest absolute Gasteiger partial charge is 0.496 e. The number of carbonyl (C=O) groups excluding carboxylic acids is 1. The molecule has 1 aromatic carbocycles. The number of carbonyl (C=O) groups is 1. The number of hydrogen-bond acceptors (Lipinski definition) is 6. The minimum atomic E-state index is -3.81. The van der Waals surface area contributed by atoms with Crippen LogP contribution in [0, 0.1) is 0 Å². The van der Waals surface area contributed by atoms with Crippen LogP contribution in [0.1, 0.15) is 28.1 Å². The molecule has 0 aliphatic carbocycles. The zero-order valence-electron chi connectivity index (χ0n) is 16.8. The van der Waals surface area contributed by atoms with Gasteiger partial charge in [0.25, 0.3) is 5.91 Å². The Morgan fingerprint density at radius 1 is 1.21 bits per heavy atom. The third kappa shape index (κ3) is 4.18. The maximum atomic E-state index is 13.4. The van der Waals surface area contributed by atoms with Gasteiger partial charge in [-0.2, -0.15) is 0 Å². The van der Waals surface area contributed by atoms with Crippen LogP contribution in [0.3, 0.4) is 0 Å². The summed E-state index contributed by atoms with van der Waals surface area (Å²) in [6.07, 6.45) is 1.22. The smallest absolute Gasteiger partial charge is 0.256 e. The number of rotatable bonds is 7. The number of sulfonamides is 1. The van der Waals surface area contributed by atoms with Gasteiger partial charge in [-0.15, -0.1) is 11.3 Å². The molecule has 1 unspecified atom stereocenters. The Balaban J connectivity index is 2.09. The second kappa shape index (κ2) is 8.83. The van der Waals surface area contributed by atoms with Gasteiger partial charge in [0.15, 0.2) is 5.37 Å². The third-order valence-electron chi connectivity index (χ3n) is 5.43. The first kappa shape index (κ1) is 21.8.